The van der Waals surface area contributed by atoms with Crippen LogP contribution < -0.4 is 11.2 Å². The van der Waals surface area contributed by atoms with Gasteiger partial charge in [-0.3, -0.25) is 22.9 Å². The summed E-state index contributed by atoms with van der Waals surface area (Å²) in [5, 5.41) is 0. The van der Waals surface area contributed by atoms with Crippen LogP contribution in [-0.2, 0) is 13.6 Å². The maximum atomic E-state index is 13.5. The molecule has 0 atom stereocenters. The Hall–Kier alpha value is -3.87. The van der Waals surface area contributed by atoms with Gasteiger partial charge in [-0.2, -0.15) is 4.98 Å². The maximum Gasteiger partial charge on any atom is 0.332 e. The van der Waals surface area contributed by atoms with Crippen LogP contribution in [0.25, 0.3) is 22.6 Å². The summed E-state index contributed by atoms with van der Waals surface area (Å²) in [7, 11) is 1.66. The monoisotopic (exact) mass is 399 g/mol. The number of imidazole rings is 2. The minimum Gasteiger partial charge on any atom is -0.283 e. The lowest BCUT2D eigenvalue weighted by molar-refractivity contribution is 0.656. The number of para-hydroxylation sites is 1. The van der Waals surface area contributed by atoms with Crippen LogP contribution in [0.2, 0.25) is 0 Å². The SMILES string of the molecule is Cc1c(C)n2c3c(=O)n(Cc4ccccc4)c(=O)n(C)c3nc2n1-c1ccccc1. The molecule has 0 unspecified atom stereocenters. The zero-order valence-electron chi connectivity index (χ0n) is 17.0. The second-order valence-corrected chi connectivity index (χ2v) is 7.48. The Kier molecular flexibility index (Phi) is 3.99. The summed E-state index contributed by atoms with van der Waals surface area (Å²) < 4.78 is 6.61. The number of hydrogen-bond donors (Lipinski definition) is 0. The van der Waals surface area contributed by atoms with Crippen molar-refractivity contribution in [2.24, 2.45) is 7.05 Å². The van der Waals surface area contributed by atoms with Gasteiger partial charge < -0.3 is 0 Å². The molecular weight excluding hydrogens is 378 g/mol. The van der Waals surface area contributed by atoms with Crippen molar-refractivity contribution in [3.05, 3.63) is 98.5 Å². The molecule has 30 heavy (non-hydrogen) atoms. The third-order valence-corrected chi connectivity index (χ3v) is 5.72. The lowest BCUT2D eigenvalue weighted by Gasteiger charge is -2.09. The van der Waals surface area contributed by atoms with Gasteiger partial charge in [0.25, 0.3) is 5.56 Å². The van der Waals surface area contributed by atoms with Crippen molar-refractivity contribution in [3.63, 3.8) is 0 Å². The molecule has 7 nitrogen and oxygen atoms in total. The molecule has 0 aliphatic carbocycles. The fourth-order valence-corrected chi connectivity index (χ4v) is 4.04. The fourth-order valence-electron chi connectivity index (χ4n) is 4.04. The molecule has 5 rings (SSSR count). The van der Waals surface area contributed by atoms with Crippen LogP contribution in [0.3, 0.4) is 0 Å². The van der Waals surface area contributed by atoms with Crippen LogP contribution >= 0.6 is 0 Å². The van der Waals surface area contributed by atoms with Gasteiger partial charge in [-0.15, -0.1) is 0 Å². The van der Waals surface area contributed by atoms with E-state index in [4.69, 9.17) is 4.98 Å². The van der Waals surface area contributed by atoms with Gasteiger partial charge in [0.05, 0.1) is 6.54 Å². The summed E-state index contributed by atoms with van der Waals surface area (Å²) in [6, 6.07) is 19.4. The highest BCUT2D eigenvalue weighted by molar-refractivity contribution is 5.77. The molecule has 0 fully saturated rings. The standard InChI is InChI=1S/C23H21N5O2/c1-15-16(2)28-19-20(24-22(28)27(15)18-12-8-5-9-13-18)25(3)23(30)26(21(19)29)14-17-10-6-4-7-11-17/h4-13H,14H2,1-3H3. The normalized spacial score (nSPS) is 11.6. The average Bonchev–Trinajstić information content (AvgIpc) is 3.26. The molecule has 0 aliphatic rings. The van der Waals surface area contributed by atoms with E-state index >= 15 is 0 Å². The second-order valence-electron chi connectivity index (χ2n) is 7.48. The van der Waals surface area contributed by atoms with Crippen LogP contribution in [0, 0.1) is 13.8 Å². The van der Waals surface area contributed by atoms with Crippen molar-refractivity contribution in [2.75, 3.05) is 0 Å². The molecule has 3 heterocycles. The zero-order valence-corrected chi connectivity index (χ0v) is 17.0. The van der Waals surface area contributed by atoms with E-state index in [0.717, 1.165) is 22.6 Å². The molecule has 5 aromatic rings. The highest BCUT2D eigenvalue weighted by Gasteiger charge is 2.23. The molecular formula is C23H21N5O2. The molecule has 0 aliphatic heterocycles. The summed E-state index contributed by atoms with van der Waals surface area (Å²) in [5.41, 5.74) is 3.85. The highest BCUT2D eigenvalue weighted by atomic mass is 16.2. The lowest BCUT2D eigenvalue weighted by atomic mass is 10.2. The summed E-state index contributed by atoms with van der Waals surface area (Å²) >= 11 is 0. The van der Waals surface area contributed by atoms with Gasteiger partial charge in [-0.1, -0.05) is 48.5 Å². The van der Waals surface area contributed by atoms with Gasteiger partial charge in [0.2, 0.25) is 5.78 Å². The Bertz CT molecular complexity index is 1520. The Labute approximate surface area is 172 Å². The summed E-state index contributed by atoms with van der Waals surface area (Å²) in [5.74, 6) is 0.621. The van der Waals surface area contributed by atoms with E-state index in [0.29, 0.717) is 16.9 Å². The summed E-state index contributed by atoms with van der Waals surface area (Å²) in [6.07, 6.45) is 0. The predicted molar refractivity (Wildman–Crippen MR) is 117 cm³/mol. The number of aromatic nitrogens is 5. The van der Waals surface area contributed by atoms with Crippen molar-refractivity contribution in [3.8, 4) is 5.69 Å². The molecule has 7 heteroatoms. The molecule has 0 amide bonds. The van der Waals surface area contributed by atoms with Crippen LogP contribution in [-0.4, -0.2) is 23.1 Å². The van der Waals surface area contributed by atoms with Crippen molar-refractivity contribution in [2.45, 2.75) is 20.4 Å². The fraction of sp³-hybridized carbons (Fsp3) is 0.174. The number of benzene rings is 2. The lowest BCUT2D eigenvalue weighted by Crippen LogP contribution is -2.39. The van der Waals surface area contributed by atoms with Crippen molar-refractivity contribution in [1.82, 2.24) is 23.1 Å². The van der Waals surface area contributed by atoms with E-state index in [1.54, 1.807) is 7.05 Å². The van der Waals surface area contributed by atoms with Gasteiger partial charge >= 0.3 is 5.69 Å². The first-order chi connectivity index (χ1) is 14.5. The van der Waals surface area contributed by atoms with Gasteiger partial charge in [0.15, 0.2) is 11.2 Å². The summed E-state index contributed by atoms with van der Waals surface area (Å²) in [6.45, 7) is 4.19. The van der Waals surface area contributed by atoms with Crippen molar-refractivity contribution in [1.29, 1.82) is 0 Å². The molecule has 150 valence electrons. The quantitative estimate of drug-likeness (QED) is 0.469. The molecule has 0 saturated heterocycles. The van der Waals surface area contributed by atoms with Crippen molar-refractivity contribution < 1.29 is 0 Å². The molecule has 3 aromatic heterocycles. The largest absolute Gasteiger partial charge is 0.332 e. The first-order valence-electron chi connectivity index (χ1n) is 9.78. The maximum absolute atomic E-state index is 13.5. The van der Waals surface area contributed by atoms with Gasteiger partial charge in [0.1, 0.15) is 0 Å². The van der Waals surface area contributed by atoms with E-state index in [9.17, 15) is 9.59 Å². The Balaban J connectivity index is 1.87. The summed E-state index contributed by atoms with van der Waals surface area (Å²) in [4.78, 5) is 31.2. The van der Waals surface area contributed by atoms with Crippen LogP contribution in [0.1, 0.15) is 17.0 Å². The number of aryl methyl sites for hydroxylation is 2. The first kappa shape index (κ1) is 18.2. The highest BCUT2D eigenvalue weighted by Crippen LogP contribution is 2.24. The first-order valence-corrected chi connectivity index (χ1v) is 9.78. The number of fused-ring (bicyclic) bond motifs is 3. The third kappa shape index (κ3) is 2.48. The van der Waals surface area contributed by atoms with E-state index < -0.39 is 0 Å². The Morgan fingerprint density at radius 3 is 2.17 bits per heavy atom. The van der Waals surface area contributed by atoms with Crippen molar-refractivity contribution >= 4 is 16.9 Å². The predicted octanol–water partition coefficient (Wildman–Crippen LogP) is 2.80. The minimum absolute atomic E-state index is 0.215. The topological polar surface area (TPSA) is 66.2 Å². The van der Waals surface area contributed by atoms with E-state index in [-0.39, 0.29) is 17.8 Å². The minimum atomic E-state index is -0.377. The zero-order chi connectivity index (χ0) is 21.0. The number of hydrogen-bond acceptors (Lipinski definition) is 3. The van der Waals surface area contributed by atoms with Gasteiger partial charge in [-0.25, -0.2) is 4.79 Å². The Morgan fingerprint density at radius 2 is 1.50 bits per heavy atom. The Morgan fingerprint density at radius 1 is 0.867 bits per heavy atom. The molecule has 0 N–H and O–H groups in total. The van der Waals surface area contributed by atoms with Crippen LogP contribution in [0.4, 0.5) is 0 Å². The molecule has 0 bridgehead atoms. The smallest absolute Gasteiger partial charge is 0.283 e. The van der Waals surface area contributed by atoms with E-state index in [1.807, 2.05) is 83.5 Å². The number of rotatable bonds is 3. The van der Waals surface area contributed by atoms with Gasteiger partial charge in [0, 0.05) is 24.1 Å². The molecule has 0 radical (unpaired) electrons. The third-order valence-electron chi connectivity index (χ3n) is 5.72. The van der Waals surface area contributed by atoms with Crippen LogP contribution in [0.15, 0.2) is 70.3 Å². The molecule has 0 saturated carbocycles. The van der Waals surface area contributed by atoms with E-state index in [2.05, 4.69) is 0 Å². The van der Waals surface area contributed by atoms with Crippen LogP contribution in [0.5, 0.6) is 0 Å². The molecule has 0 spiro atoms. The number of nitrogens with zero attached hydrogens (tertiary/aromatic N) is 5. The second kappa shape index (κ2) is 6.59. The van der Waals surface area contributed by atoms with Gasteiger partial charge in [-0.05, 0) is 31.5 Å². The molecule has 2 aromatic carbocycles. The average molecular weight is 399 g/mol. The van der Waals surface area contributed by atoms with E-state index in [1.165, 1.54) is 9.13 Å².